The van der Waals surface area contributed by atoms with Crippen molar-refractivity contribution >= 4 is 0 Å². The molecule has 0 aromatic carbocycles. The molecular weight excluding hydrogens is 192 g/mol. The molecule has 0 heteroatoms. The molecule has 0 unspecified atom stereocenters. The maximum absolute atomic E-state index is 3.98. The van der Waals surface area contributed by atoms with Crippen LogP contribution in [0.3, 0.4) is 0 Å². The third-order valence-corrected chi connectivity index (χ3v) is 3.26. The van der Waals surface area contributed by atoms with E-state index in [1.807, 2.05) is 0 Å². The normalized spacial score (nSPS) is 12.4. The van der Waals surface area contributed by atoms with Crippen LogP contribution in [0.4, 0.5) is 0 Å². The van der Waals surface area contributed by atoms with Crippen LogP contribution in [-0.2, 0) is 0 Å². The fourth-order valence-corrected chi connectivity index (χ4v) is 2.14. The average molecular weight is 222 g/mol. The second-order valence-electron chi connectivity index (χ2n) is 4.60. The molecule has 0 aliphatic carbocycles. The molecule has 0 atom stereocenters. The number of hydrogen-bond donors (Lipinski definition) is 0. The van der Waals surface area contributed by atoms with Gasteiger partial charge < -0.3 is 0 Å². The first-order chi connectivity index (χ1) is 7.79. The van der Waals surface area contributed by atoms with E-state index in [1.165, 1.54) is 63.4 Å². The van der Waals surface area contributed by atoms with Crippen molar-refractivity contribution in [3.05, 3.63) is 23.8 Å². The van der Waals surface area contributed by atoms with E-state index < -0.39 is 0 Å². The van der Waals surface area contributed by atoms with E-state index in [2.05, 4.69) is 33.4 Å². The van der Waals surface area contributed by atoms with Crippen LogP contribution in [0.2, 0.25) is 0 Å². The van der Waals surface area contributed by atoms with Gasteiger partial charge in [-0.1, -0.05) is 64.7 Å². The summed E-state index contributed by atoms with van der Waals surface area (Å²) in [5, 5.41) is 0. The highest BCUT2D eigenvalue weighted by Gasteiger charge is 2.02. The second-order valence-corrected chi connectivity index (χ2v) is 4.60. The highest BCUT2D eigenvalue weighted by Crippen LogP contribution is 2.22. The van der Waals surface area contributed by atoms with Crippen molar-refractivity contribution in [1.82, 2.24) is 0 Å². The van der Waals surface area contributed by atoms with Crippen molar-refractivity contribution in [2.24, 2.45) is 0 Å². The lowest BCUT2D eigenvalue weighted by Crippen LogP contribution is -1.91. The average Bonchev–Trinajstić information content (AvgIpc) is 2.31. The van der Waals surface area contributed by atoms with E-state index in [0.717, 1.165) is 0 Å². The van der Waals surface area contributed by atoms with Gasteiger partial charge in [-0.2, -0.15) is 0 Å². The minimum atomic E-state index is 1.21. The summed E-state index contributed by atoms with van der Waals surface area (Å²) < 4.78 is 0. The van der Waals surface area contributed by atoms with Crippen LogP contribution in [0, 0.1) is 0 Å². The van der Waals surface area contributed by atoms with Crippen molar-refractivity contribution in [1.29, 1.82) is 0 Å². The standard InChI is InChI=1S/C16H30/c1-5-9-11-13-15(7-3)16(8-4)14-12-10-6-2/h7H,3,5-6,8-14H2,1-2,4H3/b16-15+. The number of allylic oxidation sites excluding steroid dienone is 3. The third-order valence-electron chi connectivity index (χ3n) is 3.26. The molecule has 0 bridgehead atoms. The summed E-state index contributed by atoms with van der Waals surface area (Å²) in [4.78, 5) is 0. The molecule has 0 rings (SSSR count). The van der Waals surface area contributed by atoms with Gasteiger partial charge in [0.05, 0.1) is 0 Å². The monoisotopic (exact) mass is 222 g/mol. The number of rotatable bonds is 10. The molecule has 0 saturated heterocycles. The Labute approximate surface area is 103 Å². The van der Waals surface area contributed by atoms with Gasteiger partial charge in [-0.3, -0.25) is 0 Å². The highest BCUT2D eigenvalue weighted by atomic mass is 14.1. The summed E-state index contributed by atoms with van der Waals surface area (Å²) in [6.07, 6.45) is 13.9. The minimum absolute atomic E-state index is 1.21. The molecule has 0 aliphatic heterocycles. The van der Waals surface area contributed by atoms with E-state index >= 15 is 0 Å². The van der Waals surface area contributed by atoms with E-state index in [1.54, 1.807) is 5.57 Å². The van der Waals surface area contributed by atoms with Gasteiger partial charge >= 0.3 is 0 Å². The Kier molecular flexibility index (Phi) is 10.6. The van der Waals surface area contributed by atoms with Crippen molar-refractivity contribution in [2.75, 3.05) is 0 Å². The summed E-state index contributed by atoms with van der Waals surface area (Å²) in [5.41, 5.74) is 3.19. The van der Waals surface area contributed by atoms with Crippen molar-refractivity contribution in [3.8, 4) is 0 Å². The quantitative estimate of drug-likeness (QED) is 0.312. The lowest BCUT2D eigenvalue weighted by atomic mass is 9.95. The minimum Gasteiger partial charge on any atom is -0.0988 e. The summed E-state index contributed by atoms with van der Waals surface area (Å²) in [6, 6.07) is 0. The molecular formula is C16H30. The van der Waals surface area contributed by atoms with Crippen molar-refractivity contribution < 1.29 is 0 Å². The first kappa shape index (κ1) is 15.5. The Morgan fingerprint density at radius 3 is 1.88 bits per heavy atom. The van der Waals surface area contributed by atoms with Crippen LogP contribution < -0.4 is 0 Å². The van der Waals surface area contributed by atoms with E-state index in [-0.39, 0.29) is 0 Å². The van der Waals surface area contributed by atoms with Gasteiger partial charge in [0.2, 0.25) is 0 Å². The van der Waals surface area contributed by atoms with Crippen LogP contribution in [0.1, 0.15) is 78.6 Å². The van der Waals surface area contributed by atoms with Gasteiger partial charge in [0.15, 0.2) is 0 Å². The molecule has 0 aliphatic rings. The lowest BCUT2D eigenvalue weighted by molar-refractivity contribution is 0.681. The molecule has 0 saturated carbocycles. The Bertz CT molecular complexity index is 198. The van der Waals surface area contributed by atoms with Crippen LogP contribution in [0.15, 0.2) is 23.8 Å². The smallest absolute Gasteiger partial charge is 0.0280 e. The number of unbranched alkanes of at least 4 members (excludes halogenated alkanes) is 4. The summed E-state index contributed by atoms with van der Waals surface area (Å²) >= 11 is 0. The topological polar surface area (TPSA) is 0 Å². The highest BCUT2D eigenvalue weighted by molar-refractivity contribution is 5.24. The van der Waals surface area contributed by atoms with Gasteiger partial charge in [-0.25, -0.2) is 0 Å². The summed E-state index contributed by atoms with van der Waals surface area (Å²) in [5.74, 6) is 0. The largest absolute Gasteiger partial charge is 0.0988 e. The van der Waals surface area contributed by atoms with Crippen molar-refractivity contribution in [2.45, 2.75) is 78.6 Å². The zero-order valence-corrected chi connectivity index (χ0v) is 11.6. The SMILES string of the molecule is C=C/C(CCCCC)=C(/CC)CCCCC. The Morgan fingerprint density at radius 2 is 1.44 bits per heavy atom. The van der Waals surface area contributed by atoms with E-state index in [9.17, 15) is 0 Å². The molecule has 0 aromatic rings. The van der Waals surface area contributed by atoms with Gasteiger partial charge in [0.25, 0.3) is 0 Å². The predicted molar refractivity (Wildman–Crippen MR) is 75.8 cm³/mol. The van der Waals surface area contributed by atoms with Gasteiger partial charge in [0.1, 0.15) is 0 Å². The first-order valence-electron chi connectivity index (χ1n) is 7.13. The lowest BCUT2D eigenvalue weighted by Gasteiger charge is -2.11. The Morgan fingerprint density at radius 1 is 0.875 bits per heavy atom. The molecule has 0 nitrogen and oxygen atoms in total. The molecule has 0 fully saturated rings. The molecule has 0 aromatic heterocycles. The molecule has 0 N–H and O–H groups in total. The van der Waals surface area contributed by atoms with Crippen LogP contribution in [0.5, 0.6) is 0 Å². The van der Waals surface area contributed by atoms with Crippen LogP contribution in [0.25, 0.3) is 0 Å². The van der Waals surface area contributed by atoms with Crippen molar-refractivity contribution in [3.63, 3.8) is 0 Å². The zero-order valence-electron chi connectivity index (χ0n) is 11.6. The van der Waals surface area contributed by atoms with E-state index in [0.29, 0.717) is 0 Å². The second kappa shape index (κ2) is 11.0. The Balaban J connectivity index is 4.21. The molecule has 0 heterocycles. The zero-order chi connectivity index (χ0) is 12.2. The molecule has 0 radical (unpaired) electrons. The van der Waals surface area contributed by atoms with Gasteiger partial charge in [-0.05, 0) is 37.7 Å². The molecule has 94 valence electrons. The summed E-state index contributed by atoms with van der Waals surface area (Å²) in [6.45, 7) is 10.8. The number of hydrogen-bond acceptors (Lipinski definition) is 0. The fraction of sp³-hybridized carbons (Fsp3) is 0.750. The van der Waals surface area contributed by atoms with Crippen LogP contribution in [-0.4, -0.2) is 0 Å². The third kappa shape index (κ3) is 6.87. The first-order valence-corrected chi connectivity index (χ1v) is 7.13. The fourth-order valence-electron chi connectivity index (χ4n) is 2.14. The van der Waals surface area contributed by atoms with Gasteiger partial charge in [0, 0.05) is 0 Å². The summed E-state index contributed by atoms with van der Waals surface area (Å²) in [7, 11) is 0. The molecule has 16 heavy (non-hydrogen) atoms. The van der Waals surface area contributed by atoms with Gasteiger partial charge in [-0.15, -0.1) is 0 Å². The van der Waals surface area contributed by atoms with E-state index in [4.69, 9.17) is 0 Å². The molecule has 0 amide bonds. The maximum Gasteiger partial charge on any atom is -0.0280 e. The predicted octanol–water partition coefficient (Wildman–Crippen LogP) is 6.04. The Hall–Kier alpha value is -0.520. The van der Waals surface area contributed by atoms with Crippen LogP contribution >= 0.6 is 0 Å². The molecule has 0 spiro atoms. The maximum atomic E-state index is 3.98.